The van der Waals surface area contributed by atoms with Gasteiger partial charge in [-0.25, -0.2) is 0 Å². The molecule has 0 saturated carbocycles. The number of carbonyl (C=O) groups excluding carboxylic acids is 2. The highest BCUT2D eigenvalue weighted by Crippen LogP contribution is 1.95. The number of hydrogen-bond acceptors (Lipinski definition) is 4. The molecule has 110 valence electrons. The normalized spacial score (nSPS) is 11.8. The van der Waals surface area contributed by atoms with Gasteiger partial charge in [0.2, 0.25) is 5.91 Å². The van der Waals surface area contributed by atoms with E-state index in [1.807, 2.05) is 12.1 Å². The van der Waals surface area contributed by atoms with E-state index in [-0.39, 0.29) is 5.91 Å². The Morgan fingerprint density at radius 2 is 2.00 bits per heavy atom. The smallest absolute Gasteiger partial charge is 0.220 e. The maximum atomic E-state index is 11.3. The number of pyridine rings is 1. The molecule has 1 aromatic heterocycles. The second-order valence-electron chi connectivity index (χ2n) is 4.81. The molecule has 2 N–H and O–H groups in total. The Labute approximate surface area is 118 Å². The maximum absolute atomic E-state index is 11.3. The molecule has 1 aromatic rings. The number of aliphatic carboxylic acids is 1. The largest absolute Gasteiger partial charge is 0.548 e. The van der Waals surface area contributed by atoms with Crippen molar-refractivity contribution in [1.82, 2.24) is 10.3 Å². The Balaban J connectivity index is 2.09. The number of amides is 1. The van der Waals surface area contributed by atoms with Gasteiger partial charge in [0.25, 0.3) is 0 Å². The first kappa shape index (κ1) is 16.1. The zero-order valence-electron chi connectivity index (χ0n) is 11.7. The van der Waals surface area contributed by atoms with Crippen LogP contribution in [0.1, 0.15) is 18.4 Å². The summed E-state index contributed by atoms with van der Waals surface area (Å²) >= 11 is 0. The summed E-state index contributed by atoms with van der Waals surface area (Å²) in [6.07, 6.45) is 5.63. The van der Waals surface area contributed by atoms with Crippen LogP contribution in [0.4, 0.5) is 0 Å². The Hall–Kier alpha value is -1.95. The van der Waals surface area contributed by atoms with Gasteiger partial charge in [-0.1, -0.05) is 0 Å². The topological polar surface area (TPSA) is 86.6 Å². The number of hydrogen-bond donors (Lipinski definition) is 2. The van der Waals surface area contributed by atoms with Gasteiger partial charge in [0.1, 0.15) is 0 Å². The minimum atomic E-state index is -1.27. The molecule has 0 aliphatic carbocycles. The number of carboxylic acid groups (broad SMARTS) is 1. The third-order valence-corrected chi connectivity index (χ3v) is 3.03. The minimum absolute atomic E-state index is 0.240. The van der Waals surface area contributed by atoms with Crippen LogP contribution in [0, 0.1) is 0 Å². The summed E-state index contributed by atoms with van der Waals surface area (Å²) in [5.41, 5.74) is 1.26. The van der Waals surface area contributed by atoms with Gasteiger partial charge in [-0.15, -0.1) is 0 Å². The molecule has 0 fully saturated rings. The molecule has 0 aliphatic rings. The predicted octanol–water partition coefficient (Wildman–Crippen LogP) is -2.21. The highest BCUT2D eigenvalue weighted by Gasteiger charge is 2.05. The number of carboxylic acids is 1. The highest BCUT2D eigenvalue weighted by atomic mass is 16.4. The Morgan fingerprint density at radius 3 is 2.65 bits per heavy atom. The van der Waals surface area contributed by atoms with E-state index in [4.69, 9.17) is 0 Å². The number of likely N-dealkylation sites (N-methyl/N-ethyl adjacent to an activating group) is 1. The summed E-state index contributed by atoms with van der Waals surface area (Å²) in [4.78, 5) is 26.8. The fraction of sp³-hybridized carbons (Fsp3) is 0.500. The quantitative estimate of drug-likeness (QED) is 0.536. The molecule has 1 rings (SSSR count). The number of quaternary nitrogens is 1. The third kappa shape index (κ3) is 7.48. The average Bonchev–Trinajstić information content (AvgIpc) is 2.44. The van der Waals surface area contributed by atoms with E-state index in [2.05, 4.69) is 17.3 Å². The Morgan fingerprint density at radius 1 is 1.30 bits per heavy atom. The van der Waals surface area contributed by atoms with E-state index in [1.54, 1.807) is 12.4 Å². The molecule has 1 heterocycles. The van der Waals surface area contributed by atoms with Crippen molar-refractivity contribution in [2.24, 2.45) is 0 Å². The van der Waals surface area contributed by atoms with Crippen LogP contribution in [0.15, 0.2) is 24.5 Å². The van der Waals surface area contributed by atoms with Crippen LogP contribution in [0.25, 0.3) is 0 Å². The van der Waals surface area contributed by atoms with Crippen LogP contribution in [0.3, 0.4) is 0 Å². The predicted molar refractivity (Wildman–Crippen MR) is 71.8 cm³/mol. The van der Waals surface area contributed by atoms with Crippen molar-refractivity contribution in [3.8, 4) is 0 Å². The van der Waals surface area contributed by atoms with Crippen LogP contribution in [-0.4, -0.2) is 43.5 Å². The van der Waals surface area contributed by atoms with Crippen LogP contribution < -0.4 is 15.3 Å². The van der Waals surface area contributed by atoms with Gasteiger partial charge in [-0.3, -0.25) is 9.78 Å². The molecule has 1 amide bonds. The second kappa shape index (κ2) is 9.03. The minimum Gasteiger partial charge on any atom is -0.548 e. The standard InChI is InChI=1S/C14H21N3O3/c1-17(10-6-12-4-7-15-8-5-12)9-2-3-13(18)16-11-14(19)20/h4-5,7-8H,2-3,6,9-11H2,1H3,(H,16,18)(H,19,20). The zero-order valence-corrected chi connectivity index (χ0v) is 11.7. The SMILES string of the molecule is C[NH+](CCCC(=O)NCC(=O)[O-])CCc1ccncc1. The fourth-order valence-electron chi connectivity index (χ4n) is 1.84. The lowest BCUT2D eigenvalue weighted by Crippen LogP contribution is -3.09. The van der Waals surface area contributed by atoms with Gasteiger partial charge in [0, 0.05) is 31.7 Å². The van der Waals surface area contributed by atoms with Crippen molar-refractivity contribution in [3.05, 3.63) is 30.1 Å². The molecule has 6 heteroatoms. The van der Waals surface area contributed by atoms with E-state index in [1.165, 1.54) is 10.5 Å². The lowest BCUT2D eigenvalue weighted by molar-refractivity contribution is -0.879. The number of nitrogens with one attached hydrogen (secondary N) is 2. The van der Waals surface area contributed by atoms with E-state index in [9.17, 15) is 14.7 Å². The van der Waals surface area contributed by atoms with Gasteiger partial charge in [-0.05, 0) is 17.7 Å². The number of rotatable bonds is 9. The summed E-state index contributed by atoms with van der Waals surface area (Å²) in [5, 5.41) is 12.5. The summed E-state index contributed by atoms with van der Waals surface area (Å²) < 4.78 is 0. The lowest BCUT2D eigenvalue weighted by atomic mass is 10.2. The van der Waals surface area contributed by atoms with Crippen LogP contribution >= 0.6 is 0 Å². The summed E-state index contributed by atoms with van der Waals surface area (Å²) in [6.45, 7) is 1.46. The second-order valence-corrected chi connectivity index (χ2v) is 4.81. The molecular formula is C14H21N3O3. The Kier molecular flexibility index (Phi) is 7.27. The summed E-state index contributed by atoms with van der Waals surface area (Å²) in [5.74, 6) is -1.51. The maximum Gasteiger partial charge on any atom is 0.220 e. The zero-order chi connectivity index (χ0) is 14.8. The molecule has 1 atom stereocenters. The molecule has 0 aromatic carbocycles. The first-order valence-electron chi connectivity index (χ1n) is 6.74. The van der Waals surface area contributed by atoms with Gasteiger partial charge in [0.05, 0.1) is 32.7 Å². The third-order valence-electron chi connectivity index (χ3n) is 3.03. The molecule has 0 aliphatic heterocycles. The number of carbonyl (C=O) groups is 2. The van der Waals surface area contributed by atoms with E-state index in [0.717, 1.165) is 25.9 Å². The van der Waals surface area contributed by atoms with E-state index >= 15 is 0 Å². The summed E-state index contributed by atoms with van der Waals surface area (Å²) in [7, 11) is 2.08. The van der Waals surface area contributed by atoms with Crippen molar-refractivity contribution < 1.29 is 19.6 Å². The first-order chi connectivity index (χ1) is 9.58. The first-order valence-corrected chi connectivity index (χ1v) is 6.74. The number of nitrogens with zero attached hydrogens (tertiary/aromatic N) is 1. The van der Waals surface area contributed by atoms with Crippen molar-refractivity contribution in [3.63, 3.8) is 0 Å². The van der Waals surface area contributed by atoms with Crippen molar-refractivity contribution in [2.45, 2.75) is 19.3 Å². The molecule has 0 radical (unpaired) electrons. The van der Waals surface area contributed by atoms with E-state index in [0.29, 0.717) is 6.42 Å². The number of aromatic nitrogens is 1. The molecule has 1 unspecified atom stereocenters. The molecule has 0 saturated heterocycles. The average molecular weight is 279 g/mol. The monoisotopic (exact) mass is 279 g/mol. The van der Waals surface area contributed by atoms with Crippen molar-refractivity contribution >= 4 is 11.9 Å². The van der Waals surface area contributed by atoms with Crippen LogP contribution in [0.5, 0.6) is 0 Å². The van der Waals surface area contributed by atoms with Crippen molar-refractivity contribution in [2.75, 3.05) is 26.7 Å². The highest BCUT2D eigenvalue weighted by molar-refractivity contribution is 5.80. The molecular weight excluding hydrogens is 258 g/mol. The van der Waals surface area contributed by atoms with Gasteiger partial charge < -0.3 is 20.1 Å². The van der Waals surface area contributed by atoms with Crippen LogP contribution in [0.2, 0.25) is 0 Å². The molecule has 0 bridgehead atoms. The van der Waals surface area contributed by atoms with E-state index < -0.39 is 12.5 Å². The molecule has 6 nitrogen and oxygen atoms in total. The van der Waals surface area contributed by atoms with Gasteiger partial charge in [0.15, 0.2) is 0 Å². The Bertz CT molecular complexity index is 423. The molecule has 20 heavy (non-hydrogen) atoms. The molecule has 0 spiro atoms. The lowest BCUT2D eigenvalue weighted by Gasteiger charge is -2.13. The fourth-order valence-corrected chi connectivity index (χ4v) is 1.84. The van der Waals surface area contributed by atoms with Crippen molar-refractivity contribution in [1.29, 1.82) is 0 Å². The summed E-state index contributed by atoms with van der Waals surface area (Å²) in [6, 6.07) is 4.00. The van der Waals surface area contributed by atoms with Gasteiger partial charge in [-0.2, -0.15) is 0 Å². The van der Waals surface area contributed by atoms with Gasteiger partial charge >= 0.3 is 0 Å². The van der Waals surface area contributed by atoms with Crippen LogP contribution in [-0.2, 0) is 16.0 Å².